The molecule has 1 aliphatic heterocycles. The van der Waals surface area contributed by atoms with Gasteiger partial charge in [0, 0.05) is 17.3 Å². The largest absolute Gasteiger partial charge is 0.411 e. The highest BCUT2D eigenvalue weighted by Gasteiger charge is 2.34. The second-order valence-electron chi connectivity index (χ2n) is 7.32. The van der Waals surface area contributed by atoms with Crippen LogP contribution in [-0.4, -0.2) is 27.4 Å². The Hall–Kier alpha value is -2.60. The number of rotatable bonds is 4. The highest BCUT2D eigenvalue weighted by atomic mass is 32.2. The van der Waals surface area contributed by atoms with Crippen molar-refractivity contribution in [1.29, 1.82) is 0 Å². The van der Waals surface area contributed by atoms with E-state index in [0.717, 1.165) is 17.7 Å². The molecule has 0 N–H and O–H groups in total. The van der Waals surface area contributed by atoms with Crippen LogP contribution in [0.4, 0.5) is 5.69 Å². The molecule has 0 aliphatic carbocycles. The van der Waals surface area contributed by atoms with Crippen LogP contribution in [0.5, 0.6) is 0 Å². The molecule has 0 fully saturated rings. The number of fused-ring (bicyclic) bond motifs is 1. The van der Waals surface area contributed by atoms with E-state index in [1.165, 1.54) is 28.5 Å². The molecule has 2 heterocycles. The van der Waals surface area contributed by atoms with Gasteiger partial charge < -0.3 is 9.32 Å². The number of aryl methyl sites for hydroxylation is 2. The highest BCUT2D eigenvalue weighted by molar-refractivity contribution is 8.00. The number of nitrogens with zero attached hydrogens (tertiary/aromatic N) is 3. The zero-order valence-electron chi connectivity index (χ0n) is 16.5. The second-order valence-corrected chi connectivity index (χ2v) is 8.61. The van der Waals surface area contributed by atoms with E-state index in [1.807, 2.05) is 48.2 Å². The van der Waals surface area contributed by atoms with Gasteiger partial charge in [-0.25, -0.2) is 0 Å². The summed E-state index contributed by atoms with van der Waals surface area (Å²) in [4.78, 5) is 15.0. The van der Waals surface area contributed by atoms with Gasteiger partial charge in [0.05, 0.1) is 5.25 Å². The van der Waals surface area contributed by atoms with Gasteiger partial charge in [0.25, 0.3) is 5.22 Å². The molecule has 0 radical (unpaired) electrons. The van der Waals surface area contributed by atoms with Crippen molar-refractivity contribution in [2.24, 2.45) is 0 Å². The molecular weight excluding hydrogens is 370 g/mol. The molecule has 2 atom stereocenters. The highest BCUT2D eigenvalue weighted by Crippen LogP contribution is 2.35. The third-order valence-corrected chi connectivity index (χ3v) is 6.15. The minimum absolute atomic E-state index is 0.0633. The predicted octanol–water partition coefficient (Wildman–Crippen LogP) is 4.81. The smallest absolute Gasteiger partial charge is 0.277 e. The average molecular weight is 394 g/mol. The lowest BCUT2D eigenvalue weighted by molar-refractivity contribution is -0.118. The van der Waals surface area contributed by atoms with E-state index in [1.54, 1.807) is 0 Å². The van der Waals surface area contributed by atoms with Gasteiger partial charge in [-0.1, -0.05) is 36.0 Å². The molecule has 2 aromatic carbocycles. The predicted molar refractivity (Wildman–Crippen MR) is 112 cm³/mol. The summed E-state index contributed by atoms with van der Waals surface area (Å²) in [7, 11) is 0. The van der Waals surface area contributed by atoms with Crippen molar-refractivity contribution in [1.82, 2.24) is 10.2 Å². The third kappa shape index (κ3) is 3.44. The first-order valence-electron chi connectivity index (χ1n) is 9.43. The van der Waals surface area contributed by atoms with Crippen molar-refractivity contribution in [2.75, 3.05) is 4.90 Å². The molecule has 5 nitrogen and oxygen atoms in total. The van der Waals surface area contributed by atoms with Crippen molar-refractivity contribution in [3.05, 3.63) is 59.2 Å². The van der Waals surface area contributed by atoms with Crippen molar-refractivity contribution < 1.29 is 9.21 Å². The van der Waals surface area contributed by atoms with Crippen LogP contribution in [0.25, 0.3) is 11.5 Å². The van der Waals surface area contributed by atoms with Crippen LogP contribution in [0, 0.1) is 13.8 Å². The summed E-state index contributed by atoms with van der Waals surface area (Å²) >= 11 is 1.31. The standard InChI is InChI=1S/C22H23N3O2S/c1-13-9-10-18(11-14(13)2)20-23-24-22(27-20)28-16(4)21(26)25-15(3)12-17-7-5-6-8-19(17)25/h5-11,15-16H,12H2,1-4H3. The Morgan fingerprint density at radius 1 is 1.18 bits per heavy atom. The molecule has 6 heteroatoms. The molecule has 1 amide bonds. The zero-order valence-corrected chi connectivity index (χ0v) is 17.3. The SMILES string of the molecule is Cc1ccc(-c2nnc(SC(C)C(=O)N3c4ccccc4CC3C)o2)cc1C. The number of aromatic nitrogens is 2. The van der Waals surface area contributed by atoms with E-state index in [0.29, 0.717) is 11.1 Å². The Kier molecular flexibility index (Phi) is 4.98. The summed E-state index contributed by atoms with van der Waals surface area (Å²) in [5, 5.41) is 8.38. The van der Waals surface area contributed by atoms with Gasteiger partial charge in [0.2, 0.25) is 11.8 Å². The Morgan fingerprint density at radius 2 is 1.96 bits per heavy atom. The van der Waals surface area contributed by atoms with Crippen molar-refractivity contribution in [3.63, 3.8) is 0 Å². The van der Waals surface area contributed by atoms with E-state index in [4.69, 9.17) is 4.42 Å². The van der Waals surface area contributed by atoms with Gasteiger partial charge >= 0.3 is 0 Å². The molecule has 0 saturated carbocycles. The Morgan fingerprint density at radius 3 is 2.75 bits per heavy atom. The first-order valence-corrected chi connectivity index (χ1v) is 10.3. The molecule has 1 aliphatic rings. The summed E-state index contributed by atoms with van der Waals surface area (Å²) < 4.78 is 5.81. The molecule has 2 unspecified atom stereocenters. The first-order chi connectivity index (χ1) is 13.4. The summed E-state index contributed by atoms with van der Waals surface area (Å²) in [6.45, 7) is 8.10. The number of benzene rings is 2. The second kappa shape index (κ2) is 7.43. The topological polar surface area (TPSA) is 59.2 Å². The summed E-state index contributed by atoms with van der Waals surface area (Å²) in [5.74, 6) is 0.540. The monoisotopic (exact) mass is 393 g/mol. The number of carbonyl (C=O) groups is 1. The van der Waals surface area contributed by atoms with Crippen molar-refractivity contribution >= 4 is 23.4 Å². The number of carbonyl (C=O) groups excluding carboxylic acids is 1. The lowest BCUT2D eigenvalue weighted by Crippen LogP contribution is -2.40. The quantitative estimate of drug-likeness (QED) is 0.595. The molecule has 28 heavy (non-hydrogen) atoms. The Balaban J connectivity index is 1.50. The van der Waals surface area contributed by atoms with Crippen molar-refractivity contribution in [2.45, 2.75) is 50.6 Å². The molecule has 4 rings (SSSR count). The minimum Gasteiger partial charge on any atom is -0.411 e. The summed E-state index contributed by atoms with van der Waals surface area (Å²) in [6.07, 6.45) is 0.886. The van der Waals surface area contributed by atoms with Gasteiger partial charge in [-0.15, -0.1) is 10.2 Å². The number of hydrogen-bond acceptors (Lipinski definition) is 5. The van der Waals surface area contributed by atoms with Gasteiger partial charge in [0.1, 0.15) is 0 Å². The van der Waals surface area contributed by atoms with Crippen LogP contribution in [0.1, 0.15) is 30.5 Å². The van der Waals surface area contributed by atoms with E-state index in [-0.39, 0.29) is 17.2 Å². The fourth-order valence-electron chi connectivity index (χ4n) is 3.55. The fourth-order valence-corrected chi connectivity index (χ4v) is 4.28. The Labute approximate surface area is 169 Å². The lowest BCUT2D eigenvalue weighted by atomic mass is 10.1. The Bertz CT molecular complexity index is 1030. The molecular formula is C22H23N3O2S. The maximum Gasteiger partial charge on any atom is 0.277 e. The average Bonchev–Trinajstić information content (AvgIpc) is 3.26. The van der Waals surface area contributed by atoms with Crippen molar-refractivity contribution in [3.8, 4) is 11.5 Å². The first kappa shape index (κ1) is 18.7. The van der Waals surface area contributed by atoms with E-state index < -0.39 is 0 Å². The number of amides is 1. The van der Waals surface area contributed by atoms with Crippen LogP contribution in [0.2, 0.25) is 0 Å². The maximum atomic E-state index is 13.1. The van der Waals surface area contributed by atoms with Crippen LogP contribution in [0.15, 0.2) is 52.1 Å². The van der Waals surface area contributed by atoms with Crippen LogP contribution in [-0.2, 0) is 11.2 Å². The lowest BCUT2D eigenvalue weighted by Gasteiger charge is -2.25. The van der Waals surface area contributed by atoms with E-state index in [2.05, 4.69) is 37.0 Å². The van der Waals surface area contributed by atoms with Gasteiger partial charge in [-0.05, 0) is 69.0 Å². The van der Waals surface area contributed by atoms with E-state index in [9.17, 15) is 4.79 Å². The van der Waals surface area contributed by atoms with E-state index >= 15 is 0 Å². The summed E-state index contributed by atoms with van der Waals surface area (Å²) in [6, 6.07) is 14.3. The molecule has 0 spiro atoms. The molecule has 0 saturated heterocycles. The normalized spacial score (nSPS) is 16.9. The third-order valence-electron chi connectivity index (χ3n) is 5.23. The summed E-state index contributed by atoms with van der Waals surface area (Å²) in [5.41, 5.74) is 5.51. The molecule has 0 bridgehead atoms. The van der Waals surface area contributed by atoms with Crippen LogP contribution >= 0.6 is 11.8 Å². The minimum atomic E-state index is -0.318. The number of anilines is 1. The fraction of sp³-hybridized carbons (Fsp3) is 0.318. The van der Waals surface area contributed by atoms with Gasteiger partial charge in [-0.3, -0.25) is 4.79 Å². The van der Waals surface area contributed by atoms with Crippen LogP contribution in [0.3, 0.4) is 0 Å². The number of para-hydroxylation sites is 1. The van der Waals surface area contributed by atoms with Gasteiger partial charge in [-0.2, -0.15) is 0 Å². The molecule has 144 valence electrons. The molecule has 3 aromatic rings. The van der Waals surface area contributed by atoms with Gasteiger partial charge in [0.15, 0.2) is 0 Å². The number of hydrogen-bond donors (Lipinski definition) is 0. The van der Waals surface area contributed by atoms with Crippen LogP contribution < -0.4 is 4.90 Å². The zero-order chi connectivity index (χ0) is 19.8. The maximum absolute atomic E-state index is 13.1. The molecule has 1 aromatic heterocycles. The number of thioether (sulfide) groups is 1.